The van der Waals surface area contributed by atoms with Gasteiger partial charge >= 0.3 is 0 Å². The summed E-state index contributed by atoms with van der Waals surface area (Å²) >= 11 is 5.66. The third-order valence-electron chi connectivity index (χ3n) is 2.59. The summed E-state index contributed by atoms with van der Waals surface area (Å²) in [6, 6.07) is 8.40. The van der Waals surface area contributed by atoms with Gasteiger partial charge in [0.2, 0.25) is 0 Å². The summed E-state index contributed by atoms with van der Waals surface area (Å²) in [7, 11) is 0. The van der Waals surface area contributed by atoms with Gasteiger partial charge in [-0.25, -0.2) is 8.78 Å². The van der Waals surface area contributed by atoms with Crippen LogP contribution in [0.5, 0.6) is 5.75 Å². The third kappa shape index (κ3) is 4.45. The standard InChI is InChI=1S/C16H12ClF2NO/c17-15-9-14(3-4-16(15)19)21-10-12-6-11(2-1-5-20)7-13(18)8-12/h3-4,6-9H,5,10,20H2. The second-order valence-electron chi connectivity index (χ2n) is 4.22. The molecule has 108 valence electrons. The van der Waals surface area contributed by atoms with Crippen molar-refractivity contribution in [3.63, 3.8) is 0 Å². The fraction of sp³-hybridized carbons (Fsp3) is 0.125. The highest BCUT2D eigenvalue weighted by Gasteiger charge is 2.04. The zero-order valence-electron chi connectivity index (χ0n) is 11.0. The smallest absolute Gasteiger partial charge is 0.142 e. The van der Waals surface area contributed by atoms with Crippen LogP contribution < -0.4 is 10.5 Å². The number of ether oxygens (including phenoxy) is 1. The summed E-state index contributed by atoms with van der Waals surface area (Å²) in [5, 5.41) is -0.0266. The van der Waals surface area contributed by atoms with Crippen LogP contribution in [0.3, 0.4) is 0 Å². The predicted molar refractivity (Wildman–Crippen MR) is 78.1 cm³/mol. The summed E-state index contributed by atoms with van der Waals surface area (Å²) in [6.07, 6.45) is 0. The van der Waals surface area contributed by atoms with Crippen LogP contribution in [0.15, 0.2) is 36.4 Å². The van der Waals surface area contributed by atoms with E-state index in [0.29, 0.717) is 16.9 Å². The number of hydrogen-bond acceptors (Lipinski definition) is 2. The van der Waals surface area contributed by atoms with Crippen molar-refractivity contribution in [2.45, 2.75) is 6.61 Å². The Kier molecular flexibility index (Phi) is 5.15. The van der Waals surface area contributed by atoms with Gasteiger partial charge in [0.15, 0.2) is 0 Å². The molecule has 21 heavy (non-hydrogen) atoms. The molecule has 2 rings (SSSR count). The van der Waals surface area contributed by atoms with Crippen molar-refractivity contribution in [1.82, 2.24) is 0 Å². The Morgan fingerprint density at radius 1 is 1.14 bits per heavy atom. The molecule has 2 nitrogen and oxygen atoms in total. The largest absolute Gasteiger partial charge is 0.489 e. The molecule has 0 spiro atoms. The Morgan fingerprint density at radius 2 is 1.95 bits per heavy atom. The van der Waals surface area contributed by atoms with E-state index in [1.165, 1.54) is 30.3 Å². The Labute approximate surface area is 126 Å². The van der Waals surface area contributed by atoms with E-state index in [0.717, 1.165) is 0 Å². The maximum atomic E-state index is 13.5. The van der Waals surface area contributed by atoms with Gasteiger partial charge in [-0.3, -0.25) is 0 Å². The highest BCUT2D eigenvalue weighted by molar-refractivity contribution is 6.30. The first kappa shape index (κ1) is 15.3. The molecule has 0 aliphatic heterocycles. The zero-order valence-corrected chi connectivity index (χ0v) is 11.8. The van der Waals surface area contributed by atoms with Crippen LogP contribution in [0.25, 0.3) is 0 Å². The van der Waals surface area contributed by atoms with Gasteiger partial charge in [-0.2, -0.15) is 0 Å². The Balaban J connectivity index is 2.12. The van der Waals surface area contributed by atoms with Gasteiger partial charge in [0, 0.05) is 11.6 Å². The van der Waals surface area contributed by atoms with Gasteiger partial charge in [-0.1, -0.05) is 23.4 Å². The molecule has 0 bridgehead atoms. The van der Waals surface area contributed by atoms with E-state index < -0.39 is 11.6 Å². The van der Waals surface area contributed by atoms with E-state index in [1.807, 2.05) is 0 Å². The third-order valence-corrected chi connectivity index (χ3v) is 2.88. The minimum atomic E-state index is -0.519. The zero-order chi connectivity index (χ0) is 15.2. The number of nitrogens with two attached hydrogens (primary N) is 1. The van der Waals surface area contributed by atoms with Gasteiger partial charge in [-0.05, 0) is 35.9 Å². The molecule has 5 heteroatoms. The van der Waals surface area contributed by atoms with Crippen molar-refractivity contribution in [3.8, 4) is 17.6 Å². The highest BCUT2D eigenvalue weighted by atomic mass is 35.5. The summed E-state index contributed by atoms with van der Waals surface area (Å²) in [6.45, 7) is 0.327. The van der Waals surface area contributed by atoms with Crippen LogP contribution >= 0.6 is 11.6 Å². The van der Waals surface area contributed by atoms with Gasteiger partial charge < -0.3 is 10.5 Å². The van der Waals surface area contributed by atoms with Crippen molar-refractivity contribution in [3.05, 3.63) is 64.2 Å². The van der Waals surface area contributed by atoms with Crippen LogP contribution in [0, 0.1) is 23.5 Å². The van der Waals surface area contributed by atoms with Crippen LogP contribution in [0.2, 0.25) is 5.02 Å². The minimum Gasteiger partial charge on any atom is -0.489 e. The van der Waals surface area contributed by atoms with E-state index in [9.17, 15) is 8.78 Å². The van der Waals surface area contributed by atoms with Crippen molar-refractivity contribution < 1.29 is 13.5 Å². The van der Waals surface area contributed by atoms with Gasteiger partial charge in [0.1, 0.15) is 24.0 Å². The maximum absolute atomic E-state index is 13.5. The number of rotatable bonds is 3. The molecular formula is C16H12ClF2NO. The fourth-order valence-electron chi connectivity index (χ4n) is 1.69. The first-order valence-corrected chi connectivity index (χ1v) is 6.52. The summed E-state index contributed by atoms with van der Waals surface area (Å²) in [5.41, 5.74) is 6.41. The average molecular weight is 308 g/mol. The number of benzene rings is 2. The van der Waals surface area contributed by atoms with Crippen molar-refractivity contribution in [2.75, 3.05) is 6.54 Å². The highest BCUT2D eigenvalue weighted by Crippen LogP contribution is 2.22. The molecule has 2 aromatic rings. The molecule has 0 aliphatic carbocycles. The molecule has 0 heterocycles. The first-order chi connectivity index (χ1) is 10.1. The lowest BCUT2D eigenvalue weighted by Crippen LogP contribution is -1.98. The molecule has 0 atom stereocenters. The average Bonchev–Trinajstić information content (AvgIpc) is 2.46. The summed E-state index contributed by atoms with van der Waals surface area (Å²) in [4.78, 5) is 0. The summed E-state index contributed by atoms with van der Waals surface area (Å²) < 4.78 is 31.9. The monoisotopic (exact) mass is 307 g/mol. The lowest BCUT2D eigenvalue weighted by atomic mass is 10.1. The van der Waals surface area contributed by atoms with E-state index >= 15 is 0 Å². The molecule has 0 radical (unpaired) electrons. The molecule has 0 amide bonds. The van der Waals surface area contributed by atoms with Crippen molar-refractivity contribution in [1.29, 1.82) is 0 Å². The minimum absolute atomic E-state index is 0.0266. The van der Waals surface area contributed by atoms with Crippen LogP contribution in [-0.2, 0) is 6.61 Å². The Morgan fingerprint density at radius 3 is 2.67 bits per heavy atom. The summed E-state index contributed by atoms with van der Waals surface area (Å²) in [5.74, 6) is 4.89. The van der Waals surface area contributed by atoms with E-state index in [-0.39, 0.29) is 18.2 Å². The van der Waals surface area contributed by atoms with E-state index in [2.05, 4.69) is 11.8 Å². The molecule has 0 saturated carbocycles. The Bertz CT molecular complexity index is 707. The maximum Gasteiger partial charge on any atom is 0.142 e. The van der Waals surface area contributed by atoms with Crippen LogP contribution in [-0.4, -0.2) is 6.54 Å². The van der Waals surface area contributed by atoms with Crippen molar-refractivity contribution >= 4 is 11.6 Å². The molecule has 0 aromatic heterocycles. The van der Waals surface area contributed by atoms with Gasteiger partial charge in [-0.15, -0.1) is 0 Å². The molecule has 2 aromatic carbocycles. The Hall–Kier alpha value is -2.09. The SMILES string of the molecule is NCC#Cc1cc(F)cc(COc2ccc(F)c(Cl)c2)c1. The normalized spacial score (nSPS) is 9.90. The molecular weight excluding hydrogens is 296 g/mol. The molecule has 2 N–H and O–H groups in total. The van der Waals surface area contributed by atoms with Crippen LogP contribution in [0.1, 0.15) is 11.1 Å². The topological polar surface area (TPSA) is 35.2 Å². The molecule has 0 saturated heterocycles. The van der Waals surface area contributed by atoms with E-state index in [4.69, 9.17) is 22.1 Å². The number of halogens is 3. The molecule has 0 aliphatic rings. The number of hydrogen-bond donors (Lipinski definition) is 1. The lowest BCUT2D eigenvalue weighted by Gasteiger charge is -2.07. The lowest BCUT2D eigenvalue weighted by molar-refractivity contribution is 0.305. The quantitative estimate of drug-likeness (QED) is 0.881. The second-order valence-corrected chi connectivity index (χ2v) is 4.63. The first-order valence-electron chi connectivity index (χ1n) is 6.15. The fourth-order valence-corrected chi connectivity index (χ4v) is 1.86. The predicted octanol–water partition coefficient (Wildman–Crippen LogP) is 3.51. The molecule has 0 unspecified atom stereocenters. The van der Waals surface area contributed by atoms with Crippen molar-refractivity contribution in [2.24, 2.45) is 5.73 Å². The van der Waals surface area contributed by atoms with Gasteiger partial charge in [0.25, 0.3) is 0 Å². The van der Waals surface area contributed by atoms with Crippen LogP contribution in [0.4, 0.5) is 8.78 Å². The van der Waals surface area contributed by atoms with E-state index in [1.54, 1.807) is 6.07 Å². The molecule has 0 fully saturated rings. The van der Waals surface area contributed by atoms with Gasteiger partial charge in [0.05, 0.1) is 11.6 Å². The second kappa shape index (κ2) is 7.07.